The Balaban J connectivity index is 1.98. The van der Waals surface area contributed by atoms with Crippen LogP contribution in [0.25, 0.3) is 17.2 Å². The van der Waals surface area contributed by atoms with Crippen molar-refractivity contribution in [2.45, 2.75) is 6.54 Å². The fraction of sp³-hybridized carbons (Fsp3) is 0.276. The number of ether oxygens (including phenoxy) is 2. The zero-order valence-electron chi connectivity index (χ0n) is 21.0. The van der Waals surface area contributed by atoms with Crippen LogP contribution in [0.2, 0.25) is 5.02 Å². The normalized spacial score (nSPS) is 11.4. The van der Waals surface area contributed by atoms with Crippen LogP contribution in [0.4, 0.5) is 0 Å². The number of hydrogen-bond acceptors (Lipinski definition) is 5. The number of ketones is 1. The van der Waals surface area contributed by atoms with E-state index >= 15 is 0 Å². The predicted molar refractivity (Wildman–Crippen MR) is 145 cm³/mol. The second-order valence-corrected chi connectivity index (χ2v) is 9.25. The first-order chi connectivity index (χ1) is 16.8. The molecule has 35 heavy (non-hydrogen) atoms. The van der Waals surface area contributed by atoms with Gasteiger partial charge < -0.3 is 19.3 Å². The Kier molecular flexibility index (Phi) is 9.49. The molecule has 0 spiro atoms. The molecule has 0 aliphatic carbocycles. The Bertz CT molecular complexity index is 1190. The minimum atomic E-state index is -0.141. The van der Waals surface area contributed by atoms with Crippen LogP contribution in [0.5, 0.6) is 11.5 Å². The molecule has 184 valence electrons. The van der Waals surface area contributed by atoms with Crippen LogP contribution < -0.4 is 9.47 Å². The van der Waals surface area contributed by atoms with Gasteiger partial charge in [-0.25, -0.2) is 0 Å². The van der Waals surface area contributed by atoms with Gasteiger partial charge in [0.15, 0.2) is 5.78 Å². The van der Waals surface area contributed by atoms with Crippen molar-refractivity contribution in [3.63, 3.8) is 0 Å². The Morgan fingerprint density at radius 1 is 0.971 bits per heavy atom. The number of likely N-dealkylation sites (N-methyl/N-ethyl adjacent to an activating group) is 1. The molecule has 0 saturated carbocycles. The van der Waals surface area contributed by atoms with Crippen molar-refractivity contribution in [2.24, 2.45) is 0 Å². The second kappa shape index (κ2) is 12.5. The number of rotatable bonds is 11. The van der Waals surface area contributed by atoms with Gasteiger partial charge in [0.1, 0.15) is 18.1 Å². The van der Waals surface area contributed by atoms with Crippen LogP contribution in [-0.4, -0.2) is 64.0 Å². The van der Waals surface area contributed by atoms with Crippen molar-refractivity contribution in [1.82, 2.24) is 9.80 Å². The number of carbonyl (C=O) groups is 1. The first-order valence-electron chi connectivity index (χ1n) is 11.5. The summed E-state index contributed by atoms with van der Waals surface area (Å²) in [5.41, 5.74) is 4.26. The summed E-state index contributed by atoms with van der Waals surface area (Å²) < 4.78 is 11.4. The van der Waals surface area contributed by atoms with Gasteiger partial charge >= 0.3 is 0 Å². The molecule has 0 atom stereocenters. The van der Waals surface area contributed by atoms with Crippen LogP contribution in [0, 0.1) is 0 Å². The Labute approximate surface area is 213 Å². The Morgan fingerprint density at radius 3 is 2.43 bits per heavy atom. The molecule has 0 aliphatic rings. The third-order valence-corrected chi connectivity index (χ3v) is 5.81. The Morgan fingerprint density at radius 2 is 1.74 bits per heavy atom. The summed E-state index contributed by atoms with van der Waals surface area (Å²) in [5, 5.41) is 0.632. The van der Waals surface area contributed by atoms with E-state index in [4.69, 9.17) is 21.1 Å². The number of carbonyl (C=O) groups excluding carboxylic acids is 1. The summed E-state index contributed by atoms with van der Waals surface area (Å²) in [5.74, 6) is 1.15. The molecule has 3 aromatic carbocycles. The van der Waals surface area contributed by atoms with E-state index in [0.29, 0.717) is 22.9 Å². The lowest BCUT2D eigenvalue weighted by atomic mass is 9.99. The quantitative estimate of drug-likeness (QED) is 0.246. The van der Waals surface area contributed by atoms with Gasteiger partial charge in [-0.15, -0.1) is 0 Å². The van der Waals surface area contributed by atoms with Crippen LogP contribution in [0.3, 0.4) is 0 Å². The van der Waals surface area contributed by atoms with Gasteiger partial charge in [-0.05, 0) is 81.3 Å². The molecule has 5 nitrogen and oxygen atoms in total. The van der Waals surface area contributed by atoms with Gasteiger partial charge in [0.2, 0.25) is 0 Å². The van der Waals surface area contributed by atoms with Gasteiger partial charge in [-0.1, -0.05) is 48.0 Å². The smallest absolute Gasteiger partial charge is 0.189 e. The van der Waals surface area contributed by atoms with Crippen LogP contribution in [-0.2, 0) is 6.54 Å². The molecule has 0 fully saturated rings. The molecule has 3 rings (SSSR count). The highest BCUT2D eigenvalue weighted by Crippen LogP contribution is 2.32. The lowest BCUT2D eigenvalue weighted by Gasteiger charge is -2.15. The van der Waals surface area contributed by atoms with E-state index in [9.17, 15) is 4.79 Å². The average Bonchev–Trinajstić information content (AvgIpc) is 2.83. The lowest BCUT2D eigenvalue weighted by molar-refractivity contribution is 0.104. The summed E-state index contributed by atoms with van der Waals surface area (Å²) in [6.45, 7) is 1.97. The van der Waals surface area contributed by atoms with Crippen molar-refractivity contribution >= 4 is 23.5 Å². The van der Waals surface area contributed by atoms with Crippen molar-refractivity contribution in [1.29, 1.82) is 0 Å². The standard InChI is InChI=1S/C29H33ClN2O3/c1-31(2)16-17-35-29-15-12-22(25-8-6-7-9-27(25)30)19-26(29)28(33)14-11-21-18-24(34-5)13-10-23(21)20-32(3)4/h6-15,18-19H,16-17,20H2,1-5H3/b14-11+. The number of benzene rings is 3. The number of methoxy groups -OCH3 is 1. The van der Waals surface area contributed by atoms with Gasteiger partial charge in [0, 0.05) is 23.7 Å². The van der Waals surface area contributed by atoms with Crippen molar-refractivity contribution in [3.05, 3.63) is 88.5 Å². The fourth-order valence-corrected chi connectivity index (χ4v) is 3.89. The molecule has 0 radical (unpaired) electrons. The average molecular weight is 493 g/mol. The van der Waals surface area contributed by atoms with E-state index < -0.39 is 0 Å². The van der Waals surface area contributed by atoms with Crippen molar-refractivity contribution in [2.75, 3.05) is 48.5 Å². The zero-order valence-corrected chi connectivity index (χ0v) is 21.8. The highest BCUT2D eigenvalue weighted by Gasteiger charge is 2.14. The molecule has 0 amide bonds. The third-order valence-electron chi connectivity index (χ3n) is 5.48. The predicted octanol–water partition coefficient (Wildman–Crippen LogP) is 5.91. The van der Waals surface area contributed by atoms with E-state index in [-0.39, 0.29) is 5.78 Å². The molecular weight excluding hydrogens is 460 g/mol. The molecular formula is C29H33ClN2O3. The molecule has 0 N–H and O–H groups in total. The summed E-state index contributed by atoms with van der Waals surface area (Å²) in [4.78, 5) is 17.6. The maximum atomic E-state index is 13.4. The Hall–Kier alpha value is -3.12. The van der Waals surface area contributed by atoms with E-state index in [1.807, 2.05) is 99.8 Å². The van der Waals surface area contributed by atoms with Crippen molar-refractivity contribution in [3.8, 4) is 22.6 Å². The largest absolute Gasteiger partial charge is 0.497 e. The number of hydrogen-bond donors (Lipinski definition) is 0. The first-order valence-corrected chi connectivity index (χ1v) is 11.9. The molecule has 0 heterocycles. The van der Waals surface area contributed by atoms with E-state index in [1.54, 1.807) is 13.2 Å². The molecule has 0 bridgehead atoms. The summed E-state index contributed by atoms with van der Waals surface area (Å²) in [6.07, 6.45) is 3.44. The van der Waals surface area contributed by atoms with E-state index in [0.717, 1.165) is 41.1 Å². The summed E-state index contributed by atoms with van der Waals surface area (Å²) in [7, 11) is 9.63. The van der Waals surface area contributed by atoms with E-state index in [1.165, 1.54) is 0 Å². The molecule has 0 saturated heterocycles. The molecule has 3 aromatic rings. The molecule has 0 unspecified atom stereocenters. The van der Waals surface area contributed by atoms with Crippen LogP contribution in [0.15, 0.2) is 66.7 Å². The summed E-state index contributed by atoms with van der Waals surface area (Å²) >= 11 is 6.43. The number of halogens is 1. The monoisotopic (exact) mass is 492 g/mol. The lowest BCUT2D eigenvalue weighted by Crippen LogP contribution is -2.20. The fourth-order valence-electron chi connectivity index (χ4n) is 3.64. The summed E-state index contributed by atoms with van der Waals surface area (Å²) in [6, 6.07) is 19.1. The van der Waals surface area contributed by atoms with Gasteiger partial charge in [-0.3, -0.25) is 4.79 Å². The SMILES string of the molecule is COc1ccc(CN(C)C)c(/C=C/C(=O)c2cc(-c3ccccc3Cl)ccc2OCCN(C)C)c1. The van der Waals surface area contributed by atoms with Gasteiger partial charge in [0.05, 0.1) is 12.7 Å². The minimum Gasteiger partial charge on any atom is -0.497 e. The highest BCUT2D eigenvalue weighted by atomic mass is 35.5. The van der Waals surface area contributed by atoms with Crippen LogP contribution in [0.1, 0.15) is 21.5 Å². The first kappa shape index (κ1) is 26.5. The van der Waals surface area contributed by atoms with Crippen molar-refractivity contribution < 1.29 is 14.3 Å². The highest BCUT2D eigenvalue weighted by molar-refractivity contribution is 6.33. The molecule has 0 aromatic heterocycles. The van der Waals surface area contributed by atoms with E-state index in [2.05, 4.69) is 4.90 Å². The van der Waals surface area contributed by atoms with Gasteiger partial charge in [0.25, 0.3) is 0 Å². The maximum absolute atomic E-state index is 13.4. The zero-order chi connectivity index (χ0) is 25.4. The number of allylic oxidation sites excluding steroid dienone is 1. The maximum Gasteiger partial charge on any atom is 0.189 e. The van der Waals surface area contributed by atoms with Crippen LogP contribution >= 0.6 is 11.6 Å². The number of nitrogens with zero attached hydrogens (tertiary/aromatic N) is 2. The third kappa shape index (κ3) is 7.43. The topological polar surface area (TPSA) is 42.0 Å². The second-order valence-electron chi connectivity index (χ2n) is 8.84. The molecule has 6 heteroatoms. The molecule has 0 aliphatic heterocycles. The van der Waals surface area contributed by atoms with Gasteiger partial charge in [-0.2, -0.15) is 0 Å². The minimum absolute atomic E-state index is 0.141.